The minimum Gasteiger partial charge on any atom is -0.463 e. The minimum absolute atomic E-state index is 0. The Labute approximate surface area is 396 Å². The van der Waals surface area contributed by atoms with Gasteiger partial charge in [0, 0.05) is 94.1 Å². The Morgan fingerprint density at radius 1 is 0.609 bits per heavy atom. The molecule has 0 aliphatic carbocycles. The molecule has 3 saturated heterocycles. The monoisotopic (exact) mass is 1020 g/mol. The number of amides is 4. The van der Waals surface area contributed by atoms with Crippen LogP contribution < -0.4 is 9.80 Å². The molecule has 3 fully saturated rings. The third-order valence-corrected chi connectivity index (χ3v) is 10.9. The van der Waals surface area contributed by atoms with E-state index in [4.69, 9.17) is 18.9 Å². The average Bonchev–Trinajstić information content (AvgIpc) is 3.53. The topological polar surface area (TPSA) is 156 Å². The van der Waals surface area contributed by atoms with E-state index in [1.54, 1.807) is 23.6 Å². The van der Waals surface area contributed by atoms with Crippen molar-refractivity contribution in [3.63, 3.8) is 0 Å². The van der Waals surface area contributed by atoms with Gasteiger partial charge in [0.1, 0.15) is 11.2 Å². The highest BCUT2D eigenvalue weighted by atomic mass is 79.9. The molecule has 5 rings (SSSR count). The van der Waals surface area contributed by atoms with Gasteiger partial charge in [0.05, 0.1) is 29.4 Å². The summed E-state index contributed by atoms with van der Waals surface area (Å²) in [5, 5.41) is 0.569. The van der Waals surface area contributed by atoms with Crippen LogP contribution in [0.1, 0.15) is 93.7 Å². The summed E-state index contributed by atoms with van der Waals surface area (Å²) in [5.74, 6) is -0.943. The number of anilines is 2. The van der Waals surface area contributed by atoms with Gasteiger partial charge >= 0.3 is 24.1 Å². The van der Waals surface area contributed by atoms with Gasteiger partial charge in [-0.15, -0.1) is 0 Å². The number of carbonyl (C=O) groups excluding carboxylic acids is 6. The SMILES string of the molecule is C.CCOC(=O)/C=C(/C)c1ccc(N2CCN(C(=O)OC(C)(C)C)CC2)cc1.CCOC(=O)/C=C(/CBr)c1ccc(N2CCN(C(=O)OC(C)(C)C)CC2)cc1.O=C1CCC(=O)N1Br. The predicted octanol–water partition coefficient (Wildman–Crippen LogP) is 8.88. The van der Waals surface area contributed by atoms with Crippen LogP contribution in [0.4, 0.5) is 21.0 Å². The maximum absolute atomic E-state index is 12.2. The lowest BCUT2D eigenvalue weighted by Gasteiger charge is -2.36. The lowest BCUT2D eigenvalue weighted by atomic mass is 10.1. The van der Waals surface area contributed by atoms with Gasteiger partial charge in [-0.05, 0) is 109 Å². The first-order valence-electron chi connectivity index (χ1n) is 21.1. The number of piperazine rings is 2. The van der Waals surface area contributed by atoms with Gasteiger partial charge in [-0.3, -0.25) is 9.59 Å². The van der Waals surface area contributed by atoms with Crippen molar-refractivity contribution in [3.05, 3.63) is 71.8 Å². The van der Waals surface area contributed by atoms with E-state index in [0.29, 0.717) is 57.6 Å². The maximum Gasteiger partial charge on any atom is 0.410 e. The number of ether oxygens (including phenoxy) is 4. The molecule has 0 unspecified atom stereocenters. The summed E-state index contributed by atoms with van der Waals surface area (Å²) in [5.41, 5.74) is 4.95. The second-order valence-electron chi connectivity index (χ2n) is 16.7. The lowest BCUT2D eigenvalue weighted by Crippen LogP contribution is -2.50. The molecular weight excluding hydrogens is 954 g/mol. The lowest BCUT2D eigenvalue weighted by molar-refractivity contribution is -0.138. The van der Waals surface area contributed by atoms with Gasteiger partial charge in [-0.1, -0.05) is 47.6 Å². The van der Waals surface area contributed by atoms with Crippen molar-refractivity contribution in [2.24, 2.45) is 0 Å². The van der Waals surface area contributed by atoms with Crippen molar-refractivity contribution >= 4 is 90.5 Å². The molecule has 0 atom stereocenters. The normalized spacial score (nSPS) is 15.8. The molecule has 0 aromatic heterocycles. The zero-order valence-corrected chi connectivity index (χ0v) is 41.2. The Morgan fingerprint density at radius 2 is 0.969 bits per heavy atom. The first-order valence-corrected chi connectivity index (χ1v) is 22.9. The molecule has 3 heterocycles. The van der Waals surface area contributed by atoms with E-state index >= 15 is 0 Å². The van der Waals surface area contributed by atoms with Gasteiger partial charge < -0.3 is 38.5 Å². The molecule has 0 N–H and O–H groups in total. The zero-order chi connectivity index (χ0) is 46.9. The zero-order valence-electron chi connectivity index (χ0n) is 38.0. The second kappa shape index (κ2) is 26.2. The van der Waals surface area contributed by atoms with Crippen molar-refractivity contribution in [1.82, 2.24) is 13.7 Å². The van der Waals surface area contributed by atoms with Crippen LogP contribution in [0.5, 0.6) is 0 Å². The van der Waals surface area contributed by atoms with Crippen molar-refractivity contribution in [2.45, 2.75) is 93.8 Å². The second-order valence-corrected chi connectivity index (χ2v) is 18.0. The average molecular weight is 1020 g/mol. The molecule has 3 aliphatic heterocycles. The molecule has 15 nitrogen and oxygen atoms in total. The van der Waals surface area contributed by atoms with E-state index in [2.05, 4.69) is 41.9 Å². The van der Waals surface area contributed by atoms with E-state index in [-0.39, 0.29) is 43.4 Å². The maximum atomic E-state index is 12.2. The quantitative estimate of drug-likeness (QED) is 0.0589. The first kappa shape index (κ1) is 55.2. The molecule has 0 saturated carbocycles. The van der Waals surface area contributed by atoms with Gasteiger partial charge in [0.25, 0.3) is 0 Å². The Morgan fingerprint density at radius 3 is 1.28 bits per heavy atom. The Balaban J connectivity index is 0.000000369. The van der Waals surface area contributed by atoms with Crippen molar-refractivity contribution < 1.29 is 47.7 Å². The molecule has 0 radical (unpaired) electrons. The predicted molar refractivity (Wildman–Crippen MR) is 258 cm³/mol. The number of hydrogen-bond donors (Lipinski definition) is 0. The van der Waals surface area contributed by atoms with Crippen LogP contribution >= 0.6 is 32.1 Å². The van der Waals surface area contributed by atoms with Crippen LogP contribution in [0, 0.1) is 0 Å². The molecule has 0 spiro atoms. The number of allylic oxidation sites excluding steroid dienone is 2. The van der Waals surface area contributed by atoms with Gasteiger partial charge in [0.15, 0.2) is 0 Å². The van der Waals surface area contributed by atoms with Crippen LogP contribution in [0.3, 0.4) is 0 Å². The smallest absolute Gasteiger partial charge is 0.410 e. The molecule has 0 bridgehead atoms. The van der Waals surface area contributed by atoms with Gasteiger partial charge in [-0.2, -0.15) is 0 Å². The number of imide groups is 1. The summed E-state index contributed by atoms with van der Waals surface area (Å²) >= 11 is 6.24. The number of benzene rings is 2. The molecule has 4 amide bonds. The molecule has 17 heteroatoms. The number of rotatable bonds is 9. The largest absolute Gasteiger partial charge is 0.463 e. The standard InChI is InChI=1S/C21H29BrN2O4.C21H30N2O4.C4H4BrNO2.CH4/c1-5-27-19(25)14-17(15-22)16-6-8-18(9-7-16)23-10-12-24(13-11-23)20(26)28-21(2,3)4;1-6-26-19(24)15-16(2)17-7-9-18(10-8-17)22-11-13-23(14-12-22)20(25)27-21(3,4)5;5-6-3(7)1-2-4(6)8;/h6-9,14H,5,10-13,15H2,1-4H3;7-10,15H,6,11-14H2,1-5H3;1-2H2;1H4/b17-14-;16-15-;;. The third-order valence-electron chi connectivity index (χ3n) is 9.49. The summed E-state index contributed by atoms with van der Waals surface area (Å²) < 4.78 is 21.8. The molecule has 3 aliphatic rings. The summed E-state index contributed by atoms with van der Waals surface area (Å²) in [7, 11) is 0. The summed E-state index contributed by atoms with van der Waals surface area (Å²) in [6, 6.07) is 16.2. The van der Waals surface area contributed by atoms with Crippen molar-refractivity contribution in [3.8, 4) is 0 Å². The van der Waals surface area contributed by atoms with Crippen LogP contribution in [0.15, 0.2) is 60.7 Å². The van der Waals surface area contributed by atoms with Crippen molar-refractivity contribution in [1.29, 1.82) is 0 Å². The van der Waals surface area contributed by atoms with Crippen LogP contribution in [-0.2, 0) is 38.1 Å². The number of hydrogen-bond acceptors (Lipinski definition) is 12. The van der Waals surface area contributed by atoms with Crippen molar-refractivity contribution in [2.75, 3.05) is 80.7 Å². The summed E-state index contributed by atoms with van der Waals surface area (Å²) in [4.78, 5) is 76.5. The molecular formula is C47H67Br2N5O10. The summed E-state index contributed by atoms with van der Waals surface area (Å²) in [6.07, 6.45) is 3.23. The summed E-state index contributed by atoms with van der Waals surface area (Å²) in [6.45, 7) is 23.0. The molecule has 354 valence electrons. The Kier molecular flexibility index (Phi) is 22.6. The number of alkyl halides is 1. The van der Waals surface area contributed by atoms with Crippen LogP contribution in [0.2, 0.25) is 0 Å². The highest BCUT2D eigenvalue weighted by Crippen LogP contribution is 2.25. The van der Waals surface area contributed by atoms with E-state index < -0.39 is 11.2 Å². The highest BCUT2D eigenvalue weighted by Gasteiger charge is 2.28. The van der Waals surface area contributed by atoms with Gasteiger partial charge in [-0.25, -0.2) is 23.1 Å². The van der Waals surface area contributed by atoms with Crippen LogP contribution in [-0.4, -0.2) is 132 Å². The highest BCUT2D eigenvalue weighted by molar-refractivity contribution is 9.09. The number of esters is 2. The first-order chi connectivity index (χ1) is 29.6. The van der Waals surface area contributed by atoms with E-state index in [9.17, 15) is 28.8 Å². The number of halogens is 2. The third kappa shape index (κ3) is 18.7. The fraction of sp³-hybridized carbons (Fsp3) is 0.532. The number of carbonyl (C=O) groups is 6. The Hall–Kier alpha value is -4.90. The molecule has 2 aromatic carbocycles. The molecule has 64 heavy (non-hydrogen) atoms. The van der Waals surface area contributed by atoms with E-state index in [1.165, 1.54) is 12.2 Å². The fourth-order valence-electron chi connectivity index (χ4n) is 6.29. The van der Waals surface area contributed by atoms with Gasteiger partial charge in [0.2, 0.25) is 11.8 Å². The molecule has 2 aromatic rings. The Bertz CT molecular complexity index is 1910. The minimum atomic E-state index is -0.478. The number of nitrogens with zero attached hydrogens (tertiary/aromatic N) is 5. The van der Waals surface area contributed by atoms with E-state index in [0.717, 1.165) is 63.8 Å². The van der Waals surface area contributed by atoms with E-state index in [1.807, 2.05) is 97.0 Å². The fourth-order valence-corrected chi connectivity index (χ4v) is 7.13. The van der Waals surface area contributed by atoms with Crippen LogP contribution in [0.25, 0.3) is 11.1 Å².